The number of amidine groups is 2. The molecule has 1 aromatic carbocycles. The Balaban J connectivity index is 1.65. The van der Waals surface area contributed by atoms with Crippen LogP contribution < -0.4 is 0 Å². The number of nitrogens with zero attached hydrogens (tertiary/aromatic N) is 4. The maximum atomic E-state index is 12.7. The average molecular weight is 454 g/mol. The summed E-state index contributed by atoms with van der Waals surface area (Å²) in [6.07, 6.45) is 5.90. The van der Waals surface area contributed by atoms with Gasteiger partial charge in [0.05, 0.1) is 5.57 Å². The van der Waals surface area contributed by atoms with Crippen LogP contribution in [0, 0.1) is 19.3 Å². The Hall–Kier alpha value is -2.64. The van der Waals surface area contributed by atoms with Crippen molar-refractivity contribution >= 4 is 51.4 Å². The molecule has 4 rings (SSSR count). The fourth-order valence-electron chi connectivity index (χ4n) is 3.76. The highest BCUT2D eigenvalue weighted by Crippen LogP contribution is 2.31. The van der Waals surface area contributed by atoms with Gasteiger partial charge in [0.1, 0.15) is 5.04 Å². The van der Waals surface area contributed by atoms with E-state index in [0.29, 0.717) is 10.2 Å². The summed E-state index contributed by atoms with van der Waals surface area (Å²) in [5.74, 6) is -0.332. The van der Waals surface area contributed by atoms with Crippen molar-refractivity contribution in [3.05, 3.63) is 57.9 Å². The number of hydrogen-bond donors (Lipinski definition) is 1. The molecule has 3 heterocycles. The van der Waals surface area contributed by atoms with E-state index >= 15 is 0 Å². The lowest BCUT2D eigenvalue weighted by molar-refractivity contribution is -0.114. The third-order valence-electron chi connectivity index (χ3n) is 5.33. The molecular weight excluding hydrogens is 430 g/mol. The Morgan fingerprint density at radius 2 is 2.03 bits per heavy atom. The van der Waals surface area contributed by atoms with Gasteiger partial charge in [0.15, 0.2) is 5.84 Å². The Morgan fingerprint density at radius 3 is 2.77 bits per heavy atom. The molecule has 6 nitrogen and oxygen atoms in total. The zero-order valence-electron chi connectivity index (χ0n) is 17.8. The maximum Gasteiger partial charge on any atom is 0.283 e. The van der Waals surface area contributed by atoms with Gasteiger partial charge >= 0.3 is 0 Å². The van der Waals surface area contributed by atoms with E-state index in [1.54, 1.807) is 6.08 Å². The van der Waals surface area contributed by atoms with Crippen LogP contribution in [0.4, 0.5) is 0 Å². The zero-order valence-corrected chi connectivity index (χ0v) is 19.3. The van der Waals surface area contributed by atoms with E-state index in [2.05, 4.69) is 21.6 Å². The lowest BCUT2D eigenvalue weighted by Gasteiger charge is -2.20. The van der Waals surface area contributed by atoms with Crippen LogP contribution in [0.3, 0.4) is 0 Å². The summed E-state index contributed by atoms with van der Waals surface area (Å²) >= 11 is 7.56. The summed E-state index contributed by atoms with van der Waals surface area (Å²) < 4.78 is 2.08. The highest BCUT2D eigenvalue weighted by Gasteiger charge is 2.35. The summed E-state index contributed by atoms with van der Waals surface area (Å²) in [6.45, 7) is 6.15. The number of benzene rings is 1. The number of unbranched alkanes of at least 4 members (excludes halogenated alkanes) is 2. The van der Waals surface area contributed by atoms with E-state index in [-0.39, 0.29) is 11.4 Å². The lowest BCUT2D eigenvalue weighted by Crippen LogP contribution is -2.35. The second-order valence-electron chi connectivity index (χ2n) is 7.61. The number of halogens is 1. The van der Waals surface area contributed by atoms with Gasteiger partial charge < -0.3 is 4.57 Å². The van der Waals surface area contributed by atoms with E-state index in [4.69, 9.17) is 17.0 Å². The van der Waals surface area contributed by atoms with Crippen LogP contribution in [0.15, 0.2) is 46.0 Å². The van der Waals surface area contributed by atoms with Crippen molar-refractivity contribution in [2.24, 2.45) is 10.1 Å². The molecule has 2 aliphatic rings. The topological polar surface area (TPSA) is 73.8 Å². The number of hydrazone groups is 1. The minimum atomic E-state index is -0.402. The van der Waals surface area contributed by atoms with Crippen molar-refractivity contribution in [2.45, 2.75) is 46.5 Å². The number of aryl methyl sites for hydroxylation is 1. The minimum Gasteiger partial charge on any atom is -0.318 e. The number of aromatic nitrogens is 1. The molecule has 0 spiro atoms. The van der Waals surface area contributed by atoms with Crippen molar-refractivity contribution in [3.8, 4) is 5.69 Å². The van der Waals surface area contributed by atoms with Crippen LogP contribution in [0.2, 0.25) is 5.02 Å². The highest BCUT2D eigenvalue weighted by molar-refractivity contribution is 8.26. The van der Waals surface area contributed by atoms with Crippen LogP contribution in [0.5, 0.6) is 0 Å². The van der Waals surface area contributed by atoms with Gasteiger partial charge in [-0.2, -0.15) is 15.1 Å². The third kappa shape index (κ3) is 4.25. The van der Waals surface area contributed by atoms with Crippen LogP contribution in [0.1, 0.15) is 49.6 Å². The van der Waals surface area contributed by atoms with Gasteiger partial charge in [-0.3, -0.25) is 10.2 Å². The normalized spacial score (nSPS) is 17.3. The van der Waals surface area contributed by atoms with Crippen molar-refractivity contribution in [3.63, 3.8) is 0 Å². The number of aliphatic imine (C=N–C) groups is 1. The molecule has 0 unspecified atom stereocenters. The first kappa shape index (κ1) is 21.6. The molecule has 0 bridgehead atoms. The predicted molar refractivity (Wildman–Crippen MR) is 129 cm³/mol. The van der Waals surface area contributed by atoms with Gasteiger partial charge in [-0.15, -0.1) is 0 Å². The smallest absolute Gasteiger partial charge is 0.283 e. The van der Waals surface area contributed by atoms with Crippen molar-refractivity contribution in [2.75, 3.05) is 0 Å². The van der Waals surface area contributed by atoms with Gasteiger partial charge in [0, 0.05) is 22.1 Å². The molecule has 0 fully saturated rings. The first-order valence-electron chi connectivity index (χ1n) is 10.3. The molecule has 0 atom stereocenters. The van der Waals surface area contributed by atoms with E-state index in [9.17, 15) is 4.79 Å². The number of amides is 1. The van der Waals surface area contributed by atoms with Gasteiger partial charge in [-0.05, 0) is 74.4 Å². The SMILES string of the molecule is CCCCCC1=NN2C(=N)/C(=C\c3cc(C)n(-c4cccc(Cl)c4)c3C)C(=O)N=C2S1. The summed E-state index contributed by atoms with van der Waals surface area (Å²) in [5, 5.41) is 16.7. The molecule has 31 heavy (non-hydrogen) atoms. The predicted octanol–water partition coefficient (Wildman–Crippen LogP) is 5.95. The Kier molecular flexibility index (Phi) is 6.16. The number of hydrogen-bond acceptors (Lipinski definition) is 4. The van der Waals surface area contributed by atoms with E-state index in [1.165, 1.54) is 16.8 Å². The summed E-state index contributed by atoms with van der Waals surface area (Å²) in [6, 6.07) is 9.64. The fourth-order valence-corrected chi connectivity index (χ4v) is 4.87. The molecule has 0 saturated heterocycles. The molecule has 160 valence electrons. The molecule has 0 aliphatic carbocycles. The van der Waals surface area contributed by atoms with Crippen LogP contribution in [-0.4, -0.2) is 31.5 Å². The first-order valence-corrected chi connectivity index (χ1v) is 11.5. The lowest BCUT2D eigenvalue weighted by atomic mass is 10.1. The largest absolute Gasteiger partial charge is 0.318 e. The molecular formula is C23H24ClN5OS. The van der Waals surface area contributed by atoms with Gasteiger partial charge in [-0.1, -0.05) is 37.4 Å². The third-order valence-corrected chi connectivity index (χ3v) is 6.53. The van der Waals surface area contributed by atoms with Crippen LogP contribution >= 0.6 is 23.4 Å². The standard InChI is InChI=1S/C23H24ClN5OS/c1-4-5-6-10-20-27-29-21(25)19(22(30)26-23(29)31-20)12-16-11-14(2)28(15(16)3)18-9-7-8-17(24)13-18/h7-9,11-13,25H,4-6,10H2,1-3H3/b19-12+,25-21?. The number of thioether (sulfide) groups is 1. The fraction of sp³-hybridized carbons (Fsp3) is 0.304. The molecule has 1 aromatic heterocycles. The Morgan fingerprint density at radius 1 is 1.23 bits per heavy atom. The summed E-state index contributed by atoms with van der Waals surface area (Å²) in [7, 11) is 0. The van der Waals surface area contributed by atoms with Gasteiger partial charge in [0.25, 0.3) is 5.91 Å². The Bertz CT molecular complexity index is 1160. The van der Waals surface area contributed by atoms with E-state index in [1.807, 2.05) is 44.2 Å². The number of carbonyl (C=O) groups is 1. The number of carbonyl (C=O) groups excluding carboxylic acids is 1. The zero-order chi connectivity index (χ0) is 22.1. The van der Waals surface area contributed by atoms with E-state index < -0.39 is 5.91 Å². The quantitative estimate of drug-likeness (QED) is 0.434. The van der Waals surface area contributed by atoms with Crippen molar-refractivity contribution in [1.82, 2.24) is 9.58 Å². The first-order chi connectivity index (χ1) is 14.9. The van der Waals surface area contributed by atoms with Crippen LogP contribution in [0.25, 0.3) is 11.8 Å². The van der Waals surface area contributed by atoms with Crippen molar-refractivity contribution in [1.29, 1.82) is 5.41 Å². The second kappa shape index (κ2) is 8.85. The number of nitrogens with one attached hydrogen (secondary N) is 1. The van der Waals surface area contributed by atoms with Gasteiger partial charge in [-0.25, -0.2) is 0 Å². The van der Waals surface area contributed by atoms with Crippen molar-refractivity contribution < 1.29 is 4.79 Å². The summed E-state index contributed by atoms with van der Waals surface area (Å²) in [5.41, 5.74) is 4.04. The molecule has 0 radical (unpaired) electrons. The molecule has 2 aliphatic heterocycles. The maximum absolute atomic E-state index is 12.7. The molecule has 0 saturated carbocycles. The molecule has 2 aromatic rings. The molecule has 1 N–H and O–H groups in total. The minimum absolute atomic E-state index is 0.0700. The number of rotatable bonds is 6. The number of fused-ring (bicyclic) bond motifs is 1. The molecule has 1 amide bonds. The van der Waals surface area contributed by atoms with Gasteiger partial charge in [0.2, 0.25) is 5.17 Å². The Labute approximate surface area is 191 Å². The monoisotopic (exact) mass is 453 g/mol. The second-order valence-corrected chi connectivity index (χ2v) is 9.09. The summed E-state index contributed by atoms with van der Waals surface area (Å²) in [4.78, 5) is 16.9. The highest BCUT2D eigenvalue weighted by atomic mass is 35.5. The van der Waals surface area contributed by atoms with Crippen LogP contribution in [-0.2, 0) is 4.79 Å². The molecule has 8 heteroatoms. The van der Waals surface area contributed by atoms with E-state index in [0.717, 1.165) is 53.4 Å². The average Bonchev–Trinajstić information content (AvgIpc) is 3.25.